The van der Waals surface area contributed by atoms with Crippen LogP contribution in [0.5, 0.6) is 0 Å². The molecule has 0 amide bonds. The largest absolute Gasteiger partial charge is 0.387 e. The summed E-state index contributed by atoms with van der Waals surface area (Å²) < 4.78 is 0. The second-order valence-electron chi connectivity index (χ2n) is 6.17. The van der Waals surface area contributed by atoms with Gasteiger partial charge in [0.2, 0.25) is 0 Å². The van der Waals surface area contributed by atoms with E-state index in [-0.39, 0.29) is 12.1 Å². The molecular weight excluding hydrogens is 236 g/mol. The topological polar surface area (TPSA) is 26.7 Å². The molecule has 1 aliphatic heterocycles. The van der Waals surface area contributed by atoms with Crippen molar-refractivity contribution in [2.75, 3.05) is 27.2 Å². The highest BCUT2D eigenvalue weighted by Gasteiger charge is 2.37. The van der Waals surface area contributed by atoms with Gasteiger partial charge in [-0.1, -0.05) is 24.3 Å². The number of hydrogen-bond acceptors (Lipinski definition) is 3. The molecule has 1 aliphatic carbocycles. The van der Waals surface area contributed by atoms with Gasteiger partial charge < -0.3 is 10.0 Å². The minimum atomic E-state index is -0.308. The molecule has 3 unspecified atom stereocenters. The SMILES string of the molecule is CN(C)C1CCCN(C2Cc3ccccc3C2O)C1. The summed E-state index contributed by atoms with van der Waals surface area (Å²) in [5.74, 6) is 0. The third-order valence-electron chi connectivity index (χ3n) is 4.79. The summed E-state index contributed by atoms with van der Waals surface area (Å²) in [6.45, 7) is 2.21. The summed E-state index contributed by atoms with van der Waals surface area (Å²) in [4.78, 5) is 4.82. The van der Waals surface area contributed by atoms with Crippen LogP contribution in [0.4, 0.5) is 0 Å². The van der Waals surface area contributed by atoms with Crippen LogP contribution < -0.4 is 0 Å². The maximum absolute atomic E-state index is 10.6. The lowest BCUT2D eigenvalue weighted by Crippen LogP contribution is -2.50. The molecule has 1 aromatic rings. The zero-order valence-electron chi connectivity index (χ0n) is 11.9. The Bertz CT molecular complexity index is 446. The summed E-state index contributed by atoms with van der Waals surface area (Å²) in [5.41, 5.74) is 2.46. The highest BCUT2D eigenvalue weighted by molar-refractivity contribution is 5.36. The van der Waals surface area contributed by atoms with E-state index in [9.17, 15) is 5.11 Å². The molecule has 1 N–H and O–H groups in total. The molecule has 2 aliphatic rings. The van der Waals surface area contributed by atoms with E-state index < -0.39 is 0 Å². The average Bonchev–Trinajstić information content (AvgIpc) is 2.77. The molecule has 1 aromatic carbocycles. The molecule has 19 heavy (non-hydrogen) atoms. The van der Waals surface area contributed by atoms with Gasteiger partial charge in [-0.15, -0.1) is 0 Å². The molecule has 3 nitrogen and oxygen atoms in total. The van der Waals surface area contributed by atoms with Gasteiger partial charge in [0.25, 0.3) is 0 Å². The number of aliphatic hydroxyl groups is 1. The van der Waals surface area contributed by atoms with Crippen molar-refractivity contribution < 1.29 is 5.11 Å². The van der Waals surface area contributed by atoms with Gasteiger partial charge in [0.1, 0.15) is 0 Å². The van der Waals surface area contributed by atoms with E-state index in [1.165, 1.54) is 18.4 Å². The van der Waals surface area contributed by atoms with Crippen molar-refractivity contribution in [2.24, 2.45) is 0 Å². The zero-order chi connectivity index (χ0) is 13.4. The van der Waals surface area contributed by atoms with Crippen molar-refractivity contribution in [3.05, 3.63) is 35.4 Å². The van der Waals surface area contributed by atoms with Crippen LogP contribution in [0.1, 0.15) is 30.1 Å². The smallest absolute Gasteiger partial charge is 0.0951 e. The first-order valence-corrected chi connectivity index (χ1v) is 7.33. The minimum Gasteiger partial charge on any atom is -0.387 e. The fourth-order valence-corrected chi connectivity index (χ4v) is 3.59. The number of likely N-dealkylation sites (N-methyl/N-ethyl adjacent to an activating group) is 1. The molecule has 0 saturated carbocycles. The maximum Gasteiger partial charge on any atom is 0.0951 e. The van der Waals surface area contributed by atoms with E-state index in [2.05, 4.69) is 42.1 Å². The zero-order valence-corrected chi connectivity index (χ0v) is 11.9. The van der Waals surface area contributed by atoms with Gasteiger partial charge in [0, 0.05) is 18.6 Å². The molecule has 0 spiro atoms. The Hall–Kier alpha value is -0.900. The van der Waals surface area contributed by atoms with Gasteiger partial charge in [0.15, 0.2) is 0 Å². The fraction of sp³-hybridized carbons (Fsp3) is 0.625. The third kappa shape index (κ3) is 2.42. The number of piperidine rings is 1. The predicted molar refractivity (Wildman–Crippen MR) is 77.2 cm³/mol. The van der Waals surface area contributed by atoms with Gasteiger partial charge in [0.05, 0.1) is 6.10 Å². The van der Waals surface area contributed by atoms with Crippen molar-refractivity contribution in [2.45, 2.75) is 37.5 Å². The van der Waals surface area contributed by atoms with Crippen LogP contribution in [0, 0.1) is 0 Å². The normalized spacial score (nSPS) is 31.7. The van der Waals surface area contributed by atoms with Crippen LogP contribution in [0.3, 0.4) is 0 Å². The Balaban J connectivity index is 1.74. The molecule has 0 bridgehead atoms. The summed E-state index contributed by atoms with van der Waals surface area (Å²) in [6.07, 6.45) is 3.20. The highest BCUT2D eigenvalue weighted by Crippen LogP contribution is 2.35. The van der Waals surface area contributed by atoms with E-state index >= 15 is 0 Å². The van der Waals surface area contributed by atoms with Crippen molar-refractivity contribution >= 4 is 0 Å². The summed E-state index contributed by atoms with van der Waals surface area (Å²) in [6, 6.07) is 9.25. The molecular formula is C16H24N2O. The number of rotatable bonds is 2. The first kappa shape index (κ1) is 13.1. The molecule has 1 fully saturated rings. The lowest BCUT2D eigenvalue weighted by atomic mass is 10.0. The van der Waals surface area contributed by atoms with E-state index in [4.69, 9.17) is 0 Å². The fourth-order valence-electron chi connectivity index (χ4n) is 3.59. The minimum absolute atomic E-state index is 0.278. The van der Waals surface area contributed by atoms with Crippen LogP contribution in [0.25, 0.3) is 0 Å². The number of fused-ring (bicyclic) bond motifs is 1. The van der Waals surface area contributed by atoms with Crippen LogP contribution in [-0.4, -0.2) is 54.2 Å². The van der Waals surface area contributed by atoms with Crippen LogP contribution in [0.2, 0.25) is 0 Å². The van der Waals surface area contributed by atoms with Gasteiger partial charge in [-0.3, -0.25) is 4.90 Å². The second kappa shape index (κ2) is 5.23. The number of benzene rings is 1. The van der Waals surface area contributed by atoms with E-state index in [1.54, 1.807) is 0 Å². The van der Waals surface area contributed by atoms with Crippen LogP contribution in [-0.2, 0) is 6.42 Å². The Kier molecular flexibility index (Phi) is 3.61. The summed E-state index contributed by atoms with van der Waals surface area (Å²) in [7, 11) is 4.32. The van der Waals surface area contributed by atoms with Crippen molar-refractivity contribution in [1.82, 2.24) is 9.80 Å². The molecule has 1 saturated heterocycles. The Morgan fingerprint density at radius 3 is 2.79 bits per heavy atom. The summed E-state index contributed by atoms with van der Waals surface area (Å²) >= 11 is 0. The number of nitrogens with zero attached hydrogens (tertiary/aromatic N) is 2. The number of likely N-dealkylation sites (tertiary alicyclic amines) is 1. The Labute approximate surface area is 115 Å². The average molecular weight is 260 g/mol. The molecule has 0 aromatic heterocycles. The Morgan fingerprint density at radius 2 is 2.05 bits per heavy atom. The van der Waals surface area contributed by atoms with E-state index in [0.29, 0.717) is 6.04 Å². The molecule has 0 radical (unpaired) electrons. The third-order valence-corrected chi connectivity index (χ3v) is 4.79. The van der Waals surface area contributed by atoms with Gasteiger partial charge >= 0.3 is 0 Å². The molecule has 3 atom stereocenters. The monoisotopic (exact) mass is 260 g/mol. The number of aliphatic hydroxyl groups excluding tert-OH is 1. The van der Waals surface area contributed by atoms with E-state index in [1.807, 2.05) is 6.07 Å². The molecule has 3 heteroatoms. The lowest BCUT2D eigenvalue weighted by Gasteiger charge is -2.40. The molecule has 104 valence electrons. The quantitative estimate of drug-likeness (QED) is 0.876. The van der Waals surface area contributed by atoms with Gasteiger partial charge in [-0.25, -0.2) is 0 Å². The van der Waals surface area contributed by atoms with Gasteiger partial charge in [-0.2, -0.15) is 0 Å². The maximum atomic E-state index is 10.6. The van der Waals surface area contributed by atoms with E-state index in [0.717, 1.165) is 25.1 Å². The van der Waals surface area contributed by atoms with Crippen molar-refractivity contribution in [3.63, 3.8) is 0 Å². The standard InChI is InChI=1S/C16H24N2O/c1-17(2)13-7-5-9-18(11-13)15-10-12-6-3-4-8-14(12)16(15)19/h3-4,6,8,13,15-16,19H,5,7,9-11H2,1-2H3. The first-order chi connectivity index (χ1) is 9.16. The predicted octanol–water partition coefficient (Wildman–Crippen LogP) is 1.67. The lowest BCUT2D eigenvalue weighted by molar-refractivity contribution is 0.0267. The molecule has 3 rings (SSSR count). The Morgan fingerprint density at radius 1 is 1.26 bits per heavy atom. The van der Waals surface area contributed by atoms with Crippen molar-refractivity contribution in [3.8, 4) is 0 Å². The first-order valence-electron chi connectivity index (χ1n) is 7.33. The highest BCUT2D eigenvalue weighted by atomic mass is 16.3. The molecule has 1 heterocycles. The van der Waals surface area contributed by atoms with Crippen molar-refractivity contribution in [1.29, 1.82) is 0 Å². The summed E-state index contributed by atoms with van der Waals surface area (Å²) in [5, 5.41) is 10.6. The number of hydrogen-bond donors (Lipinski definition) is 1. The van der Waals surface area contributed by atoms with Crippen LogP contribution >= 0.6 is 0 Å². The van der Waals surface area contributed by atoms with Crippen LogP contribution in [0.15, 0.2) is 24.3 Å². The van der Waals surface area contributed by atoms with Gasteiger partial charge in [-0.05, 0) is 51.0 Å². The second-order valence-corrected chi connectivity index (χ2v) is 6.17.